The van der Waals surface area contributed by atoms with Crippen LogP contribution in [0.15, 0.2) is 36.4 Å². The Morgan fingerprint density at radius 2 is 1.67 bits per heavy atom. The molecule has 0 amide bonds. The molecular formula is C19H23Cl2NO2. The van der Waals surface area contributed by atoms with Crippen molar-refractivity contribution in [2.75, 3.05) is 13.2 Å². The number of benzene rings is 2. The minimum atomic E-state index is 0.365. The van der Waals surface area contributed by atoms with Gasteiger partial charge in [0, 0.05) is 28.2 Å². The molecule has 0 aliphatic carbocycles. The molecule has 2 aromatic carbocycles. The van der Waals surface area contributed by atoms with E-state index in [-0.39, 0.29) is 0 Å². The van der Waals surface area contributed by atoms with Gasteiger partial charge in [0.1, 0.15) is 6.61 Å². The molecule has 0 heterocycles. The van der Waals surface area contributed by atoms with Gasteiger partial charge in [-0.05, 0) is 37.6 Å². The summed E-state index contributed by atoms with van der Waals surface area (Å²) >= 11 is 12.6. The summed E-state index contributed by atoms with van der Waals surface area (Å²) in [5.74, 6) is 1.32. The fourth-order valence-corrected chi connectivity index (χ4v) is 2.68. The Labute approximate surface area is 153 Å². The molecule has 5 heteroatoms. The maximum Gasteiger partial charge on any atom is 0.163 e. The monoisotopic (exact) mass is 367 g/mol. The van der Waals surface area contributed by atoms with Crippen LogP contribution in [-0.2, 0) is 13.2 Å². The average Bonchev–Trinajstić information content (AvgIpc) is 2.57. The Bertz CT molecular complexity index is 662. The van der Waals surface area contributed by atoms with E-state index in [1.807, 2.05) is 43.3 Å². The highest BCUT2D eigenvalue weighted by atomic mass is 35.5. The Balaban J connectivity index is 2.15. The molecule has 0 saturated heterocycles. The minimum absolute atomic E-state index is 0.365. The third kappa shape index (κ3) is 5.30. The lowest BCUT2D eigenvalue weighted by atomic mass is 10.2. The standard InChI is InChI=1S/C19H23Cl2NO2/c1-3-9-22-12-15-10-18(23-4-2)19(11-17(15)21)24-13-14-7-5-6-8-16(14)20/h5-8,10-11,22H,3-4,9,12-13H2,1-2H3. The Morgan fingerprint density at radius 3 is 2.38 bits per heavy atom. The summed E-state index contributed by atoms with van der Waals surface area (Å²) in [6, 6.07) is 11.4. The van der Waals surface area contributed by atoms with Gasteiger partial charge in [-0.2, -0.15) is 0 Å². The van der Waals surface area contributed by atoms with E-state index in [0.717, 1.165) is 24.1 Å². The molecule has 130 valence electrons. The van der Waals surface area contributed by atoms with Gasteiger partial charge in [0.25, 0.3) is 0 Å². The van der Waals surface area contributed by atoms with Gasteiger partial charge < -0.3 is 14.8 Å². The van der Waals surface area contributed by atoms with Gasteiger partial charge in [-0.3, -0.25) is 0 Å². The van der Waals surface area contributed by atoms with E-state index in [9.17, 15) is 0 Å². The van der Waals surface area contributed by atoms with Crippen molar-refractivity contribution < 1.29 is 9.47 Å². The lowest BCUT2D eigenvalue weighted by molar-refractivity contribution is 0.269. The third-order valence-electron chi connectivity index (χ3n) is 3.50. The van der Waals surface area contributed by atoms with Crippen LogP contribution in [0.2, 0.25) is 10.0 Å². The quantitative estimate of drug-likeness (QED) is 0.596. The zero-order chi connectivity index (χ0) is 17.4. The highest BCUT2D eigenvalue weighted by Gasteiger charge is 2.12. The van der Waals surface area contributed by atoms with Gasteiger partial charge in [-0.15, -0.1) is 0 Å². The molecule has 1 N–H and O–H groups in total. The van der Waals surface area contributed by atoms with Crippen molar-refractivity contribution in [3.8, 4) is 11.5 Å². The summed E-state index contributed by atoms with van der Waals surface area (Å²) in [6.45, 7) is 6.66. The summed E-state index contributed by atoms with van der Waals surface area (Å²) in [5, 5.41) is 4.69. The molecule has 0 aromatic heterocycles. The molecule has 2 rings (SSSR count). The zero-order valence-electron chi connectivity index (χ0n) is 14.1. The van der Waals surface area contributed by atoms with Gasteiger partial charge in [-0.1, -0.05) is 48.3 Å². The van der Waals surface area contributed by atoms with Gasteiger partial charge in [0.05, 0.1) is 6.61 Å². The minimum Gasteiger partial charge on any atom is -0.490 e. The Kier molecular flexibility index (Phi) is 7.70. The molecule has 0 radical (unpaired) electrons. The van der Waals surface area contributed by atoms with Crippen LogP contribution < -0.4 is 14.8 Å². The molecule has 0 fully saturated rings. The SMILES string of the molecule is CCCNCc1cc(OCC)c(OCc2ccccc2Cl)cc1Cl. The van der Waals surface area contributed by atoms with Crippen LogP contribution in [0.25, 0.3) is 0 Å². The lowest BCUT2D eigenvalue weighted by Crippen LogP contribution is -2.14. The first-order valence-electron chi connectivity index (χ1n) is 8.17. The fraction of sp³-hybridized carbons (Fsp3) is 0.368. The van der Waals surface area contributed by atoms with E-state index in [4.69, 9.17) is 32.7 Å². The van der Waals surface area contributed by atoms with Crippen LogP contribution in [0.5, 0.6) is 11.5 Å². The van der Waals surface area contributed by atoms with Crippen LogP contribution in [0.3, 0.4) is 0 Å². The average molecular weight is 368 g/mol. The molecule has 0 aliphatic rings. The number of rotatable bonds is 9. The number of nitrogens with one attached hydrogen (secondary N) is 1. The smallest absolute Gasteiger partial charge is 0.163 e. The van der Waals surface area contributed by atoms with Crippen LogP contribution in [-0.4, -0.2) is 13.2 Å². The first-order valence-corrected chi connectivity index (χ1v) is 8.93. The molecule has 0 bridgehead atoms. The second kappa shape index (κ2) is 9.77. The van der Waals surface area contributed by atoms with Crippen molar-refractivity contribution in [3.05, 3.63) is 57.6 Å². The predicted octanol–water partition coefficient (Wildman–Crippen LogP) is 5.47. The summed E-state index contributed by atoms with van der Waals surface area (Å²) in [7, 11) is 0. The van der Waals surface area contributed by atoms with Gasteiger partial charge in [-0.25, -0.2) is 0 Å². The van der Waals surface area contributed by atoms with Crippen molar-refractivity contribution in [2.24, 2.45) is 0 Å². The molecule has 3 nitrogen and oxygen atoms in total. The Hall–Kier alpha value is -1.42. The van der Waals surface area contributed by atoms with Crippen molar-refractivity contribution in [1.82, 2.24) is 5.32 Å². The molecule has 0 unspecified atom stereocenters. The van der Waals surface area contributed by atoms with E-state index in [1.54, 1.807) is 0 Å². The predicted molar refractivity (Wildman–Crippen MR) is 100 cm³/mol. The van der Waals surface area contributed by atoms with Crippen molar-refractivity contribution in [1.29, 1.82) is 0 Å². The lowest BCUT2D eigenvalue weighted by Gasteiger charge is -2.15. The van der Waals surface area contributed by atoms with E-state index in [0.29, 0.717) is 41.3 Å². The Morgan fingerprint density at radius 1 is 0.917 bits per heavy atom. The van der Waals surface area contributed by atoms with Crippen LogP contribution in [0.4, 0.5) is 0 Å². The summed E-state index contributed by atoms with van der Waals surface area (Å²) in [6.07, 6.45) is 1.08. The van der Waals surface area contributed by atoms with Crippen molar-refractivity contribution >= 4 is 23.2 Å². The van der Waals surface area contributed by atoms with Crippen molar-refractivity contribution in [2.45, 2.75) is 33.4 Å². The molecule has 24 heavy (non-hydrogen) atoms. The molecule has 0 atom stereocenters. The van der Waals surface area contributed by atoms with Gasteiger partial charge in [0.15, 0.2) is 11.5 Å². The topological polar surface area (TPSA) is 30.5 Å². The largest absolute Gasteiger partial charge is 0.490 e. The molecule has 2 aromatic rings. The van der Waals surface area contributed by atoms with E-state index >= 15 is 0 Å². The van der Waals surface area contributed by atoms with Crippen LogP contribution in [0, 0.1) is 0 Å². The zero-order valence-corrected chi connectivity index (χ0v) is 15.6. The van der Waals surface area contributed by atoms with Crippen LogP contribution in [0.1, 0.15) is 31.4 Å². The van der Waals surface area contributed by atoms with Crippen molar-refractivity contribution in [3.63, 3.8) is 0 Å². The third-order valence-corrected chi connectivity index (χ3v) is 4.22. The van der Waals surface area contributed by atoms with E-state index < -0.39 is 0 Å². The first kappa shape index (κ1) is 18.9. The van der Waals surface area contributed by atoms with E-state index in [2.05, 4.69) is 12.2 Å². The number of hydrogen-bond acceptors (Lipinski definition) is 3. The highest BCUT2D eigenvalue weighted by molar-refractivity contribution is 6.31. The van der Waals surface area contributed by atoms with Crippen LogP contribution >= 0.6 is 23.2 Å². The number of ether oxygens (including phenoxy) is 2. The first-order chi connectivity index (χ1) is 11.7. The maximum absolute atomic E-state index is 6.39. The molecule has 0 spiro atoms. The summed E-state index contributed by atoms with van der Waals surface area (Å²) in [5.41, 5.74) is 1.92. The second-order valence-corrected chi connectivity index (χ2v) is 6.19. The molecular weight excluding hydrogens is 345 g/mol. The summed E-state index contributed by atoms with van der Waals surface area (Å²) < 4.78 is 11.6. The second-order valence-electron chi connectivity index (χ2n) is 5.38. The summed E-state index contributed by atoms with van der Waals surface area (Å²) in [4.78, 5) is 0. The number of halogens is 2. The highest BCUT2D eigenvalue weighted by Crippen LogP contribution is 2.34. The normalized spacial score (nSPS) is 10.7. The van der Waals surface area contributed by atoms with E-state index in [1.165, 1.54) is 0 Å². The fourth-order valence-electron chi connectivity index (χ4n) is 2.26. The number of hydrogen-bond donors (Lipinski definition) is 1. The maximum atomic E-state index is 6.39. The molecule has 0 aliphatic heterocycles. The van der Waals surface area contributed by atoms with Gasteiger partial charge >= 0.3 is 0 Å². The van der Waals surface area contributed by atoms with Gasteiger partial charge in [0.2, 0.25) is 0 Å². The molecule has 0 saturated carbocycles.